The molecule has 0 atom stereocenters. The molecule has 2 fully saturated rings. The van der Waals surface area contributed by atoms with Gasteiger partial charge in [-0.2, -0.15) is 13.2 Å². The predicted octanol–water partition coefficient (Wildman–Crippen LogP) is 7.04. The SMILES string of the molecule is CC(=O)NC1CCN(Cc2cccc(C(=O)Nc3ccc(N4CCCCC4)cc3-c3cc(C(=O)NCc4cccc(C(F)(F)F)c4)ccn3)c2)CC1. The second-order valence-corrected chi connectivity index (χ2v) is 13.5. The number of nitrogens with one attached hydrogen (secondary N) is 3. The van der Waals surface area contributed by atoms with Gasteiger partial charge in [-0.05, 0) is 97.8 Å². The summed E-state index contributed by atoms with van der Waals surface area (Å²) in [4.78, 5) is 47.6. The molecule has 0 aliphatic carbocycles. The number of pyridine rings is 1. The lowest BCUT2D eigenvalue weighted by atomic mass is 10.0. The number of hydrogen-bond acceptors (Lipinski definition) is 6. The van der Waals surface area contributed by atoms with Crippen LogP contribution in [0.4, 0.5) is 24.5 Å². The molecule has 0 saturated carbocycles. The molecule has 0 radical (unpaired) electrons. The Hall–Kier alpha value is -5.23. The molecule has 0 spiro atoms. The molecule has 1 aromatic heterocycles. The number of amides is 3. The summed E-state index contributed by atoms with van der Waals surface area (Å²) in [5.41, 5.74) is 3.98. The molecule has 2 saturated heterocycles. The highest BCUT2D eigenvalue weighted by Gasteiger charge is 2.30. The molecular weight excluding hydrogens is 669 g/mol. The van der Waals surface area contributed by atoms with Crippen LogP contribution in [0, 0.1) is 0 Å². The fourth-order valence-corrected chi connectivity index (χ4v) is 6.85. The molecule has 2 aliphatic heterocycles. The normalized spacial score (nSPS) is 15.6. The van der Waals surface area contributed by atoms with E-state index in [0.29, 0.717) is 34.6 Å². The highest BCUT2D eigenvalue weighted by Crippen LogP contribution is 2.34. The van der Waals surface area contributed by atoms with E-state index in [1.165, 1.54) is 31.7 Å². The van der Waals surface area contributed by atoms with Crippen molar-refractivity contribution in [2.75, 3.05) is 36.4 Å². The second kappa shape index (κ2) is 16.4. The first kappa shape index (κ1) is 36.6. The van der Waals surface area contributed by atoms with Crippen molar-refractivity contribution in [3.05, 3.63) is 113 Å². The van der Waals surface area contributed by atoms with Crippen LogP contribution in [0.3, 0.4) is 0 Å². The van der Waals surface area contributed by atoms with Gasteiger partial charge in [0.25, 0.3) is 11.8 Å². The minimum atomic E-state index is -4.48. The van der Waals surface area contributed by atoms with Crippen molar-refractivity contribution in [3.63, 3.8) is 0 Å². The number of benzene rings is 3. The Morgan fingerprint density at radius 3 is 2.29 bits per heavy atom. The van der Waals surface area contributed by atoms with Gasteiger partial charge in [0, 0.05) is 80.8 Å². The summed E-state index contributed by atoms with van der Waals surface area (Å²) in [5, 5.41) is 8.80. The van der Waals surface area contributed by atoms with E-state index >= 15 is 0 Å². The van der Waals surface area contributed by atoms with Gasteiger partial charge in [-0.1, -0.05) is 24.3 Å². The summed E-state index contributed by atoms with van der Waals surface area (Å²) in [5.74, 6) is -0.758. The standard InChI is InChI=1S/C40H43F3N6O3/c1-27(50)46-33-14-19-48(20-15-33)26-29-8-5-9-30(21-29)39(52)47-36-12-11-34(49-17-3-2-4-18-49)24-35(36)37-23-31(13-16-44-37)38(51)45-25-28-7-6-10-32(22-28)40(41,42)43/h5-13,16,21-24,33H,2-4,14-15,17-20,25-26H2,1H3,(H,45,51)(H,46,50)(H,47,52). The molecule has 3 N–H and O–H groups in total. The molecule has 272 valence electrons. The summed E-state index contributed by atoms with van der Waals surface area (Å²) in [6, 6.07) is 21.6. The predicted molar refractivity (Wildman–Crippen MR) is 195 cm³/mol. The van der Waals surface area contributed by atoms with E-state index in [1.807, 2.05) is 36.4 Å². The molecule has 52 heavy (non-hydrogen) atoms. The molecule has 6 rings (SSSR count). The number of anilines is 2. The van der Waals surface area contributed by atoms with E-state index < -0.39 is 17.6 Å². The number of rotatable bonds is 10. The zero-order chi connectivity index (χ0) is 36.7. The molecule has 12 heteroatoms. The Morgan fingerprint density at radius 2 is 1.54 bits per heavy atom. The maximum Gasteiger partial charge on any atom is 0.416 e. The third-order valence-electron chi connectivity index (χ3n) is 9.57. The number of alkyl halides is 3. The van der Waals surface area contributed by atoms with Crippen LogP contribution in [-0.4, -0.2) is 59.8 Å². The number of aromatic nitrogens is 1. The minimum absolute atomic E-state index is 0.0112. The third-order valence-corrected chi connectivity index (χ3v) is 9.57. The summed E-state index contributed by atoms with van der Waals surface area (Å²) < 4.78 is 39.6. The fraction of sp³-hybridized carbons (Fsp3) is 0.350. The van der Waals surface area contributed by atoms with Crippen molar-refractivity contribution in [1.29, 1.82) is 0 Å². The number of carbonyl (C=O) groups excluding carboxylic acids is 3. The summed E-state index contributed by atoms with van der Waals surface area (Å²) >= 11 is 0. The number of halogens is 3. The van der Waals surface area contributed by atoms with Crippen molar-refractivity contribution in [2.45, 2.75) is 64.3 Å². The Labute approximate surface area is 301 Å². The van der Waals surface area contributed by atoms with Crippen LogP contribution in [0.25, 0.3) is 11.3 Å². The Bertz CT molecular complexity index is 1900. The van der Waals surface area contributed by atoms with Gasteiger partial charge >= 0.3 is 6.18 Å². The zero-order valence-corrected chi connectivity index (χ0v) is 29.1. The largest absolute Gasteiger partial charge is 0.416 e. The minimum Gasteiger partial charge on any atom is -0.372 e. The van der Waals surface area contributed by atoms with E-state index in [9.17, 15) is 27.6 Å². The van der Waals surface area contributed by atoms with Gasteiger partial charge in [-0.25, -0.2) is 0 Å². The van der Waals surface area contributed by atoms with Gasteiger partial charge in [-0.3, -0.25) is 24.3 Å². The van der Waals surface area contributed by atoms with Crippen molar-refractivity contribution >= 4 is 29.1 Å². The molecule has 9 nitrogen and oxygen atoms in total. The van der Waals surface area contributed by atoms with E-state index in [0.717, 1.165) is 75.2 Å². The van der Waals surface area contributed by atoms with E-state index in [1.54, 1.807) is 18.2 Å². The van der Waals surface area contributed by atoms with Gasteiger partial charge < -0.3 is 20.9 Å². The molecule has 3 aromatic carbocycles. The lowest BCUT2D eigenvalue weighted by molar-refractivity contribution is -0.137. The lowest BCUT2D eigenvalue weighted by Crippen LogP contribution is -2.43. The van der Waals surface area contributed by atoms with Crippen LogP contribution in [0.15, 0.2) is 85.1 Å². The average molecular weight is 713 g/mol. The maximum atomic E-state index is 13.7. The molecule has 0 bridgehead atoms. The van der Waals surface area contributed by atoms with Gasteiger partial charge in [0.05, 0.1) is 16.9 Å². The van der Waals surface area contributed by atoms with Gasteiger partial charge in [0.15, 0.2) is 0 Å². The number of nitrogens with zero attached hydrogens (tertiary/aromatic N) is 3. The van der Waals surface area contributed by atoms with E-state index in [-0.39, 0.29) is 30.0 Å². The van der Waals surface area contributed by atoms with Crippen molar-refractivity contribution in [1.82, 2.24) is 20.5 Å². The van der Waals surface area contributed by atoms with E-state index in [4.69, 9.17) is 0 Å². The molecule has 4 aromatic rings. The quantitative estimate of drug-likeness (QED) is 0.163. The Morgan fingerprint density at radius 1 is 0.808 bits per heavy atom. The fourth-order valence-electron chi connectivity index (χ4n) is 6.85. The van der Waals surface area contributed by atoms with Crippen LogP contribution in [0.5, 0.6) is 0 Å². The van der Waals surface area contributed by atoms with Crippen LogP contribution in [0.1, 0.15) is 76.4 Å². The zero-order valence-electron chi connectivity index (χ0n) is 29.1. The van der Waals surface area contributed by atoms with Crippen LogP contribution >= 0.6 is 0 Å². The topological polar surface area (TPSA) is 107 Å². The number of hydrogen-bond donors (Lipinski definition) is 3. The van der Waals surface area contributed by atoms with E-state index in [2.05, 4.69) is 30.7 Å². The summed E-state index contributed by atoms with van der Waals surface area (Å²) in [7, 11) is 0. The van der Waals surface area contributed by atoms with Gasteiger partial charge in [0.1, 0.15) is 0 Å². The van der Waals surface area contributed by atoms with Crippen LogP contribution in [0.2, 0.25) is 0 Å². The van der Waals surface area contributed by atoms with Gasteiger partial charge in [0.2, 0.25) is 5.91 Å². The molecule has 3 heterocycles. The summed E-state index contributed by atoms with van der Waals surface area (Å²) in [6.07, 6.45) is 2.12. The average Bonchev–Trinajstić information content (AvgIpc) is 3.15. The summed E-state index contributed by atoms with van der Waals surface area (Å²) in [6.45, 7) is 5.67. The monoisotopic (exact) mass is 712 g/mol. The first-order chi connectivity index (χ1) is 25.0. The molecule has 0 unspecified atom stereocenters. The third kappa shape index (κ3) is 9.55. The smallest absolute Gasteiger partial charge is 0.372 e. The van der Waals surface area contributed by atoms with Crippen molar-refractivity contribution < 1.29 is 27.6 Å². The van der Waals surface area contributed by atoms with Crippen LogP contribution in [-0.2, 0) is 24.1 Å². The Balaban J connectivity index is 1.19. The Kier molecular flexibility index (Phi) is 11.5. The lowest BCUT2D eigenvalue weighted by Gasteiger charge is -2.32. The van der Waals surface area contributed by atoms with Crippen molar-refractivity contribution in [2.24, 2.45) is 0 Å². The highest BCUT2D eigenvalue weighted by atomic mass is 19.4. The number of piperidine rings is 2. The first-order valence-corrected chi connectivity index (χ1v) is 17.7. The van der Waals surface area contributed by atoms with Crippen molar-refractivity contribution in [3.8, 4) is 11.3 Å². The second-order valence-electron chi connectivity index (χ2n) is 13.5. The number of carbonyl (C=O) groups is 3. The molecule has 3 amide bonds. The maximum absolute atomic E-state index is 13.7. The molecular formula is C40H43F3N6O3. The van der Waals surface area contributed by atoms with Crippen LogP contribution < -0.4 is 20.9 Å². The van der Waals surface area contributed by atoms with Gasteiger partial charge in [-0.15, -0.1) is 0 Å². The molecule has 2 aliphatic rings. The first-order valence-electron chi connectivity index (χ1n) is 17.7. The highest BCUT2D eigenvalue weighted by molar-refractivity contribution is 6.06. The number of likely N-dealkylation sites (tertiary alicyclic amines) is 1.